The van der Waals surface area contributed by atoms with E-state index in [-0.39, 0.29) is 11.6 Å². The number of methoxy groups -OCH3 is 1. The summed E-state index contributed by atoms with van der Waals surface area (Å²) in [4.78, 5) is 4.63. The fourth-order valence-electron chi connectivity index (χ4n) is 1.81. The van der Waals surface area contributed by atoms with Crippen LogP contribution in [0, 0.1) is 0 Å². The molecular formula is C15H20N2OS. The van der Waals surface area contributed by atoms with Gasteiger partial charge < -0.3 is 10.5 Å². The zero-order valence-electron chi connectivity index (χ0n) is 11.6. The van der Waals surface area contributed by atoms with E-state index in [1.807, 2.05) is 32.0 Å². The maximum absolute atomic E-state index is 6.21. The third kappa shape index (κ3) is 3.41. The van der Waals surface area contributed by atoms with E-state index in [0.29, 0.717) is 0 Å². The molecule has 2 aromatic rings. The van der Waals surface area contributed by atoms with Gasteiger partial charge in [-0.2, -0.15) is 0 Å². The molecule has 3 nitrogen and oxygen atoms in total. The molecule has 4 heteroatoms. The summed E-state index contributed by atoms with van der Waals surface area (Å²) in [6, 6.07) is 10.1. The SMILES string of the molecule is COC(C)(C)c1nc(CC(N)c2ccccc2)cs1. The Morgan fingerprint density at radius 2 is 2.00 bits per heavy atom. The molecule has 0 spiro atoms. The normalized spacial score (nSPS) is 13.5. The summed E-state index contributed by atoms with van der Waals surface area (Å²) in [6.07, 6.45) is 0.750. The molecule has 0 saturated heterocycles. The fraction of sp³-hybridized carbons (Fsp3) is 0.400. The molecule has 1 aromatic carbocycles. The first-order chi connectivity index (χ1) is 9.03. The Hall–Kier alpha value is -1.23. The summed E-state index contributed by atoms with van der Waals surface area (Å²) in [5.41, 5.74) is 8.05. The van der Waals surface area contributed by atoms with Crippen LogP contribution in [-0.4, -0.2) is 12.1 Å². The second kappa shape index (κ2) is 5.82. The Balaban J connectivity index is 2.09. The highest BCUT2D eigenvalue weighted by Gasteiger charge is 2.23. The Labute approximate surface area is 118 Å². The molecule has 102 valence electrons. The van der Waals surface area contributed by atoms with Gasteiger partial charge in [0.2, 0.25) is 0 Å². The lowest BCUT2D eigenvalue weighted by Gasteiger charge is -2.19. The van der Waals surface area contributed by atoms with Gasteiger partial charge in [-0.15, -0.1) is 11.3 Å². The van der Waals surface area contributed by atoms with E-state index >= 15 is 0 Å². The second-order valence-electron chi connectivity index (χ2n) is 5.08. The summed E-state index contributed by atoms with van der Waals surface area (Å²) in [7, 11) is 1.71. The number of hydrogen-bond acceptors (Lipinski definition) is 4. The van der Waals surface area contributed by atoms with Crippen molar-refractivity contribution in [2.45, 2.75) is 31.9 Å². The molecule has 0 fully saturated rings. The summed E-state index contributed by atoms with van der Waals surface area (Å²) in [6.45, 7) is 4.04. The summed E-state index contributed by atoms with van der Waals surface area (Å²) < 4.78 is 5.44. The standard InChI is InChI=1S/C15H20N2OS/c1-15(2,18-3)14-17-12(10-19-14)9-13(16)11-7-5-4-6-8-11/h4-8,10,13H,9,16H2,1-3H3. The predicted octanol–water partition coefficient (Wildman–Crippen LogP) is 3.27. The van der Waals surface area contributed by atoms with E-state index in [1.54, 1.807) is 18.4 Å². The number of rotatable bonds is 5. The quantitative estimate of drug-likeness (QED) is 0.911. The molecule has 0 radical (unpaired) electrons. The largest absolute Gasteiger partial charge is 0.372 e. The number of thiazole rings is 1. The molecule has 0 aliphatic heterocycles. The Kier molecular flexibility index (Phi) is 4.34. The first-order valence-corrected chi connectivity index (χ1v) is 7.21. The summed E-state index contributed by atoms with van der Waals surface area (Å²) >= 11 is 1.63. The Morgan fingerprint density at radius 3 is 2.63 bits per heavy atom. The average molecular weight is 276 g/mol. The van der Waals surface area contributed by atoms with Crippen molar-refractivity contribution in [1.29, 1.82) is 0 Å². The van der Waals surface area contributed by atoms with E-state index in [1.165, 1.54) is 0 Å². The summed E-state index contributed by atoms with van der Waals surface area (Å²) in [5, 5.41) is 3.06. The van der Waals surface area contributed by atoms with Crippen molar-refractivity contribution in [2.75, 3.05) is 7.11 Å². The van der Waals surface area contributed by atoms with Crippen molar-refractivity contribution in [3.63, 3.8) is 0 Å². The van der Waals surface area contributed by atoms with Gasteiger partial charge >= 0.3 is 0 Å². The van der Waals surface area contributed by atoms with Gasteiger partial charge in [-0.05, 0) is 19.4 Å². The van der Waals surface area contributed by atoms with Crippen molar-refractivity contribution in [1.82, 2.24) is 4.98 Å². The lowest BCUT2D eigenvalue weighted by molar-refractivity contribution is 0.0189. The second-order valence-corrected chi connectivity index (χ2v) is 5.94. The molecule has 1 unspecified atom stereocenters. The topological polar surface area (TPSA) is 48.1 Å². The van der Waals surface area contributed by atoms with Gasteiger partial charge in [0.05, 0.1) is 5.69 Å². The summed E-state index contributed by atoms with van der Waals surface area (Å²) in [5.74, 6) is 0. The maximum Gasteiger partial charge on any atom is 0.124 e. The molecule has 0 saturated carbocycles. The fourth-order valence-corrected chi connectivity index (χ4v) is 2.74. The highest BCUT2D eigenvalue weighted by atomic mass is 32.1. The minimum absolute atomic E-state index is 0.0122. The zero-order valence-corrected chi connectivity index (χ0v) is 12.4. The molecule has 2 rings (SSSR count). The van der Waals surface area contributed by atoms with Gasteiger partial charge in [-0.1, -0.05) is 30.3 Å². The van der Waals surface area contributed by atoms with Crippen LogP contribution < -0.4 is 5.73 Å². The van der Waals surface area contributed by atoms with Crippen molar-refractivity contribution in [2.24, 2.45) is 5.73 Å². The Morgan fingerprint density at radius 1 is 1.32 bits per heavy atom. The lowest BCUT2D eigenvalue weighted by atomic mass is 10.0. The monoisotopic (exact) mass is 276 g/mol. The number of hydrogen-bond donors (Lipinski definition) is 1. The van der Waals surface area contributed by atoms with Crippen molar-refractivity contribution >= 4 is 11.3 Å². The third-order valence-electron chi connectivity index (χ3n) is 3.23. The predicted molar refractivity (Wildman–Crippen MR) is 79.2 cm³/mol. The molecule has 0 amide bonds. The molecule has 2 N–H and O–H groups in total. The number of nitrogens with zero attached hydrogens (tertiary/aromatic N) is 1. The minimum Gasteiger partial charge on any atom is -0.372 e. The Bertz CT molecular complexity index is 522. The maximum atomic E-state index is 6.21. The number of ether oxygens (including phenoxy) is 1. The molecule has 19 heavy (non-hydrogen) atoms. The van der Waals surface area contributed by atoms with Gasteiger partial charge in [-0.25, -0.2) is 4.98 Å². The highest BCUT2D eigenvalue weighted by Crippen LogP contribution is 2.28. The number of benzene rings is 1. The van der Waals surface area contributed by atoms with Gasteiger partial charge in [0.15, 0.2) is 0 Å². The van der Waals surface area contributed by atoms with Crippen molar-refractivity contribution in [3.05, 3.63) is 52.0 Å². The number of aromatic nitrogens is 1. The van der Waals surface area contributed by atoms with Crippen LogP contribution in [0.4, 0.5) is 0 Å². The third-order valence-corrected chi connectivity index (χ3v) is 4.43. The number of nitrogens with two attached hydrogens (primary N) is 1. The van der Waals surface area contributed by atoms with Crippen LogP contribution in [0.15, 0.2) is 35.7 Å². The van der Waals surface area contributed by atoms with E-state index in [4.69, 9.17) is 10.5 Å². The molecular weight excluding hydrogens is 256 g/mol. The van der Waals surface area contributed by atoms with Gasteiger partial charge in [-0.3, -0.25) is 0 Å². The first kappa shape index (κ1) is 14.2. The van der Waals surface area contributed by atoms with Crippen LogP contribution in [0.5, 0.6) is 0 Å². The lowest BCUT2D eigenvalue weighted by Crippen LogP contribution is -2.19. The van der Waals surface area contributed by atoms with Crippen LogP contribution in [0.2, 0.25) is 0 Å². The van der Waals surface area contributed by atoms with Crippen LogP contribution in [0.1, 0.15) is 36.2 Å². The van der Waals surface area contributed by atoms with Crippen molar-refractivity contribution in [3.8, 4) is 0 Å². The average Bonchev–Trinajstić information content (AvgIpc) is 2.89. The van der Waals surface area contributed by atoms with Crippen LogP contribution >= 0.6 is 11.3 Å². The zero-order chi connectivity index (χ0) is 13.9. The van der Waals surface area contributed by atoms with Crippen molar-refractivity contribution < 1.29 is 4.74 Å². The van der Waals surface area contributed by atoms with Crippen LogP contribution in [0.3, 0.4) is 0 Å². The highest BCUT2D eigenvalue weighted by molar-refractivity contribution is 7.09. The molecule has 1 heterocycles. The van der Waals surface area contributed by atoms with Gasteiger partial charge in [0.25, 0.3) is 0 Å². The molecule has 0 aliphatic carbocycles. The minimum atomic E-state index is -0.334. The van der Waals surface area contributed by atoms with Gasteiger partial charge in [0.1, 0.15) is 10.6 Å². The van der Waals surface area contributed by atoms with E-state index in [9.17, 15) is 0 Å². The van der Waals surface area contributed by atoms with Crippen LogP contribution in [-0.2, 0) is 16.8 Å². The molecule has 0 aliphatic rings. The van der Waals surface area contributed by atoms with E-state index < -0.39 is 0 Å². The first-order valence-electron chi connectivity index (χ1n) is 6.33. The molecule has 1 atom stereocenters. The molecule has 1 aromatic heterocycles. The molecule has 0 bridgehead atoms. The van der Waals surface area contributed by atoms with Gasteiger partial charge in [0, 0.05) is 25.0 Å². The van der Waals surface area contributed by atoms with Crippen LogP contribution in [0.25, 0.3) is 0 Å². The van der Waals surface area contributed by atoms with E-state index in [0.717, 1.165) is 22.7 Å². The smallest absolute Gasteiger partial charge is 0.124 e. The van der Waals surface area contributed by atoms with E-state index in [2.05, 4.69) is 22.5 Å².